The van der Waals surface area contributed by atoms with E-state index in [9.17, 15) is 10.1 Å². The fourth-order valence-corrected chi connectivity index (χ4v) is 1.46. The lowest BCUT2D eigenvalue weighted by Crippen LogP contribution is -2.48. The van der Waals surface area contributed by atoms with Crippen LogP contribution in [-0.2, 0) is 4.74 Å². The van der Waals surface area contributed by atoms with Gasteiger partial charge in [-0.1, -0.05) is 0 Å². The van der Waals surface area contributed by atoms with E-state index in [0.29, 0.717) is 0 Å². The lowest BCUT2D eigenvalue weighted by atomic mass is 9.86. The van der Waals surface area contributed by atoms with Crippen molar-refractivity contribution in [3.8, 4) is 0 Å². The van der Waals surface area contributed by atoms with Gasteiger partial charge in [0.15, 0.2) is 0 Å². The van der Waals surface area contributed by atoms with Gasteiger partial charge in [0.2, 0.25) is 0 Å². The molecule has 1 aliphatic rings. The lowest BCUT2D eigenvalue weighted by Gasteiger charge is -2.22. The first-order valence-corrected chi connectivity index (χ1v) is 3.90. The Morgan fingerprint density at radius 3 is 2.75 bits per heavy atom. The third kappa shape index (κ3) is 1.09. The first-order valence-electron chi connectivity index (χ1n) is 3.90. The molecule has 0 amide bonds. The van der Waals surface area contributed by atoms with Gasteiger partial charge in [0.1, 0.15) is 6.10 Å². The topological polar surface area (TPSA) is 72.6 Å². The van der Waals surface area contributed by atoms with Crippen molar-refractivity contribution in [2.24, 2.45) is 5.92 Å². The van der Waals surface area contributed by atoms with E-state index in [1.807, 2.05) is 0 Å². The van der Waals surface area contributed by atoms with Gasteiger partial charge in [-0.3, -0.25) is 10.1 Å². The van der Waals surface area contributed by atoms with Crippen molar-refractivity contribution in [1.82, 2.24) is 0 Å². The molecule has 0 bridgehead atoms. The van der Waals surface area contributed by atoms with Gasteiger partial charge in [0.05, 0.1) is 19.1 Å². The predicted octanol–water partition coefficient (Wildman–Crippen LogP) is 0.0490. The average Bonchev–Trinajstić information content (AvgIpc) is 2.30. The second kappa shape index (κ2) is 2.99. The van der Waals surface area contributed by atoms with Crippen molar-refractivity contribution >= 4 is 0 Å². The monoisotopic (exact) mass is 175 g/mol. The number of ether oxygens (including phenoxy) is 1. The quantitative estimate of drug-likeness (QED) is 0.475. The molecule has 1 heterocycles. The summed E-state index contributed by atoms with van der Waals surface area (Å²) < 4.78 is 5.13. The molecule has 1 fully saturated rings. The Labute approximate surface area is 70.5 Å². The summed E-state index contributed by atoms with van der Waals surface area (Å²) in [5, 5.41) is 19.6. The molecule has 1 N–H and O–H groups in total. The molecular formula is C7H13NO4. The maximum Gasteiger partial charge on any atom is 0.252 e. The largest absolute Gasteiger partial charge is 0.396 e. The summed E-state index contributed by atoms with van der Waals surface area (Å²) in [4.78, 5) is 10.4. The molecule has 5 nitrogen and oxygen atoms in total. The van der Waals surface area contributed by atoms with Crippen molar-refractivity contribution in [2.45, 2.75) is 25.5 Å². The predicted molar refractivity (Wildman–Crippen MR) is 41.4 cm³/mol. The molecule has 0 saturated carbocycles. The van der Waals surface area contributed by atoms with Crippen LogP contribution in [0.25, 0.3) is 0 Å². The molecule has 1 saturated heterocycles. The van der Waals surface area contributed by atoms with Gasteiger partial charge in [0.25, 0.3) is 5.54 Å². The molecule has 0 unspecified atom stereocenters. The number of aliphatic hydroxyl groups is 1. The molecular weight excluding hydrogens is 162 g/mol. The van der Waals surface area contributed by atoms with Crippen molar-refractivity contribution in [3.05, 3.63) is 10.1 Å². The second-order valence-electron chi connectivity index (χ2n) is 3.34. The van der Waals surface area contributed by atoms with Gasteiger partial charge in [-0.25, -0.2) is 0 Å². The summed E-state index contributed by atoms with van der Waals surface area (Å²) in [7, 11) is 0. The first kappa shape index (κ1) is 9.41. The van der Waals surface area contributed by atoms with Gasteiger partial charge in [0, 0.05) is 11.8 Å². The maximum atomic E-state index is 10.7. The normalized spacial score (nSPS) is 41.6. The third-order valence-electron chi connectivity index (χ3n) is 2.81. The van der Waals surface area contributed by atoms with Crippen LogP contribution >= 0.6 is 0 Å². The number of aliphatic hydroxyl groups excluding tert-OH is 1. The van der Waals surface area contributed by atoms with Crippen LogP contribution in [0.1, 0.15) is 13.8 Å². The molecule has 0 aromatic rings. The van der Waals surface area contributed by atoms with E-state index < -0.39 is 11.6 Å². The van der Waals surface area contributed by atoms with E-state index >= 15 is 0 Å². The Morgan fingerprint density at radius 2 is 2.42 bits per heavy atom. The second-order valence-corrected chi connectivity index (χ2v) is 3.34. The molecule has 0 spiro atoms. The Bertz CT molecular complexity index is 196. The van der Waals surface area contributed by atoms with Crippen LogP contribution in [0.5, 0.6) is 0 Å². The van der Waals surface area contributed by atoms with Crippen molar-refractivity contribution in [2.75, 3.05) is 13.2 Å². The highest BCUT2D eigenvalue weighted by molar-refractivity contribution is 4.93. The Balaban J connectivity index is 2.88. The average molecular weight is 175 g/mol. The number of nitrogens with zero attached hydrogens (tertiary/aromatic N) is 1. The van der Waals surface area contributed by atoms with Gasteiger partial charge in [-0.05, 0) is 6.92 Å². The van der Waals surface area contributed by atoms with E-state index in [-0.39, 0.29) is 24.1 Å². The zero-order chi connectivity index (χ0) is 9.35. The highest BCUT2D eigenvalue weighted by Crippen LogP contribution is 2.33. The highest BCUT2D eigenvalue weighted by atomic mass is 16.6. The van der Waals surface area contributed by atoms with E-state index in [0.717, 1.165) is 0 Å². The van der Waals surface area contributed by atoms with Crippen LogP contribution in [0.4, 0.5) is 0 Å². The summed E-state index contributed by atoms with van der Waals surface area (Å²) in [6.45, 7) is 3.26. The van der Waals surface area contributed by atoms with Gasteiger partial charge < -0.3 is 9.84 Å². The molecule has 12 heavy (non-hydrogen) atoms. The molecule has 1 rings (SSSR count). The Kier molecular flexibility index (Phi) is 2.34. The molecule has 5 heteroatoms. The van der Waals surface area contributed by atoms with E-state index in [1.54, 1.807) is 6.92 Å². The first-order chi connectivity index (χ1) is 5.53. The van der Waals surface area contributed by atoms with Gasteiger partial charge in [-0.15, -0.1) is 0 Å². The minimum absolute atomic E-state index is 0.193. The van der Waals surface area contributed by atoms with Crippen LogP contribution in [0, 0.1) is 16.0 Å². The summed E-state index contributed by atoms with van der Waals surface area (Å²) in [5.41, 5.74) is -1.13. The molecule has 3 atom stereocenters. The number of rotatable bonds is 2. The van der Waals surface area contributed by atoms with E-state index in [4.69, 9.17) is 9.84 Å². The number of hydrogen-bond donors (Lipinski definition) is 1. The van der Waals surface area contributed by atoms with Crippen molar-refractivity contribution in [1.29, 1.82) is 0 Å². The summed E-state index contributed by atoms with van der Waals surface area (Å²) in [6, 6.07) is 0. The number of nitro groups is 1. The standard InChI is InChI=1S/C7H13NO4/c1-5-7(2,8(10)11)6(3-9)4-12-5/h5-6,9H,3-4H2,1-2H3/t5-,6+,7-/m1/s1. The molecule has 0 aliphatic carbocycles. The molecule has 70 valence electrons. The van der Waals surface area contributed by atoms with Crippen LogP contribution in [0.15, 0.2) is 0 Å². The maximum absolute atomic E-state index is 10.7. The minimum atomic E-state index is -1.13. The SMILES string of the molecule is C[C@H]1OC[C@H](CO)[C@]1(C)[N+](=O)[O-]. The lowest BCUT2D eigenvalue weighted by molar-refractivity contribution is -0.578. The third-order valence-corrected chi connectivity index (χ3v) is 2.81. The molecule has 1 aliphatic heterocycles. The van der Waals surface area contributed by atoms with Gasteiger partial charge in [-0.2, -0.15) is 0 Å². The summed E-state index contributed by atoms with van der Waals surface area (Å²) in [5.74, 6) is -0.387. The van der Waals surface area contributed by atoms with Crippen LogP contribution in [0.2, 0.25) is 0 Å². The van der Waals surface area contributed by atoms with Crippen molar-refractivity contribution in [3.63, 3.8) is 0 Å². The Hall–Kier alpha value is -0.680. The molecule has 0 aromatic heterocycles. The zero-order valence-corrected chi connectivity index (χ0v) is 7.19. The molecule has 0 radical (unpaired) electrons. The fourth-order valence-electron chi connectivity index (χ4n) is 1.46. The van der Waals surface area contributed by atoms with E-state index in [2.05, 4.69) is 0 Å². The van der Waals surface area contributed by atoms with Crippen LogP contribution in [0.3, 0.4) is 0 Å². The smallest absolute Gasteiger partial charge is 0.252 e. The minimum Gasteiger partial charge on any atom is -0.396 e. The summed E-state index contributed by atoms with van der Waals surface area (Å²) in [6.07, 6.45) is -0.426. The van der Waals surface area contributed by atoms with E-state index in [1.165, 1.54) is 6.92 Å². The van der Waals surface area contributed by atoms with Crippen LogP contribution in [-0.4, -0.2) is 34.9 Å². The summed E-state index contributed by atoms with van der Waals surface area (Å²) >= 11 is 0. The highest BCUT2D eigenvalue weighted by Gasteiger charge is 2.55. The fraction of sp³-hybridized carbons (Fsp3) is 1.00. The van der Waals surface area contributed by atoms with Crippen molar-refractivity contribution < 1.29 is 14.8 Å². The Morgan fingerprint density at radius 1 is 1.83 bits per heavy atom. The number of hydrogen-bond acceptors (Lipinski definition) is 4. The zero-order valence-electron chi connectivity index (χ0n) is 7.19. The molecule has 0 aromatic carbocycles. The van der Waals surface area contributed by atoms with Crippen LogP contribution < -0.4 is 0 Å². The van der Waals surface area contributed by atoms with Gasteiger partial charge >= 0.3 is 0 Å².